The number of rotatable bonds is 9. The van der Waals surface area contributed by atoms with Gasteiger partial charge in [-0.2, -0.15) is 11.8 Å². The largest absolute Gasteiger partial charge is 0.442 e. The number of amides is 1. The number of hydroxylamine groups is 1. The minimum atomic E-state index is -0.527. The van der Waals surface area contributed by atoms with Gasteiger partial charge in [-0.3, -0.25) is 20.2 Å². The smallest absolute Gasteiger partial charge is 0.414 e. The van der Waals surface area contributed by atoms with E-state index in [-0.39, 0.29) is 19.3 Å². The van der Waals surface area contributed by atoms with Gasteiger partial charge in [0.2, 0.25) is 0 Å². The number of aliphatic hydroxyl groups is 1. The summed E-state index contributed by atoms with van der Waals surface area (Å²) in [6, 6.07) is 8.22. The summed E-state index contributed by atoms with van der Waals surface area (Å²) in [4.78, 5) is 23.7. The summed E-state index contributed by atoms with van der Waals surface area (Å²) in [5, 5.41) is 16.5. The van der Waals surface area contributed by atoms with E-state index in [4.69, 9.17) is 14.7 Å². The SMILES string of the molecule is O=C1O[C@@H](Cn2ccnn2)CN1c1ccc(-c2ccc(C3=C[C@@H](CSCCO)ON3)nc2)c(F)c1. The number of halogens is 1. The average molecular weight is 499 g/mol. The molecule has 0 spiro atoms. The van der Waals surface area contributed by atoms with E-state index >= 15 is 4.39 Å². The Morgan fingerprint density at radius 3 is 2.94 bits per heavy atom. The topological polar surface area (TPSA) is 115 Å². The molecule has 1 aromatic carbocycles. The fourth-order valence-corrected chi connectivity index (χ4v) is 4.55. The van der Waals surface area contributed by atoms with Crippen molar-refractivity contribution in [3.63, 3.8) is 0 Å². The van der Waals surface area contributed by atoms with Crippen LogP contribution in [0.15, 0.2) is 55.0 Å². The van der Waals surface area contributed by atoms with Gasteiger partial charge in [-0.05, 0) is 30.3 Å². The number of cyclic esters (lactones) is 1. The van der Waals surface area contributed by atoms with Crippen LogP contribution >= 0.6 is 11.8 Å². The van der Waals surface area contributed by atoms with Crippen molar-refractivity contribution in [2.75, 3.05) is 29.6 Å². The molecule has 10 nitrogen and oxygen atoms in total. The highest BCUT2D eigenvalue weighted by Crippen LogP contribution is 2.30. The number of carbonyl (C=O) groups excluding carboxylic acids is 1. The molecule has 0 saturated carbocycles. The Morgan fingerprint density at radius 2 is 2.20 bits per heavy atom. The van der Waals surface area contributed by atoms with Crippen LogP contribution in [0.1, 0.15) is 5.69 Å². The third-order valence-corrected chi connectivity index (χ3v) is 6.58. The number of hydrogen-bond donors (Lipinski definition) is 2. The number of pyridine rings is 1. The fourth-order valence-electron chi connectivity index (χ4n) is 3.86. The molecule has 2 aromatic heterocycles. The van der Waals surface area contributed by atoms with Crippen molar-refractivity contribution in [3.8, 4) is 11.1 Å². The Bertz CT molecular complexity index is 1210. The molecule has 5 rings (SSSR count). The predicted molar refractivity (Wildman–Crippen MR) is 128 cm³/mol. The lowest BCUT2D eigenvalue weighted by Gasteiger charge is -2.14. The second-order valence-corrected chi connectivity index (χ2v) is 9.12. The maximum atomic E-state index is 15.0. The van der Waals surface area contributed by atoms with Crippen molar-refractivity contribution in [2.45, 2.75) is 18.8 Å². The molecule has 0 unspecified atom stereocenters. The molecule has 12 heteroatoms. The molecule has 4 heterocycles. The molecule has 1 amide bonds. The summed E-state index contributed by atoms with van der Waals surface area (Å²) in [6.45, 7) is 0.797. The Balaban J connectivity index is 1.25. The van der Waals surface area contributed by atoms with E-state index < -0.39 is 18.0 Å². The lowest BCUT2D eigenvalue weighted by molar-refractivity contribution is 0.0650. The van der Waals surface area contributed by atoms with Crippen molar-refractivity contribution in [1.82, 2.24) is 25.5 Å². The monoisotopic (exact) mass is 498 g/mol. The highest BCUT2D eigenvalue weighted by atomic mass is 32.2. The lowest BCUT2D eigenvalue weighted by atomic mass is 10.1. The Kier molecular flexibility index (Phi) is 6.93. The number of hydrogen-bond acceptors (Lipinski definition) is 9. The van der Waals surface area contributed by atoms with E-state index in [2.05, 4.69) is 20.8 Å². The molecule has 2 atom stereocenters. The first-order valence-electron chi connectivity index (χ1n) is 11.0. The van der Waals surface area contributed by atoms with Crippen LogP contribution in [0.25, 0.3) is 16.8 Å². The maximum absolute atomic E-state index is 15.0. The summed E-state index contributed by atoms with van der Waals surface area (Å²) in [5.41, 5.74) is 5.71. The quantitative estimate of drug-likeness (QED) is 0.430. The van der Waals surface area contributed by atoms with Crippen LogP contribution in [0.4, 0.5) is 14.9 Å². The number of nitrogens with zero attached hydrogens (tertiary/aromatic N) is 5. The minimum Gasteiger partial charge on any atom is -0.442 e. The molecule has 1 fully saturated rings. The van der Waals surface area contributed by atoms with Gasteiger partial charge >= 0.3 is 6.09 Å². The normalized spacial score (nSPS) is 19.5. The predicted octanol–water partition coefficient (Wildman–Crippen LogP) is 2.47. The molecule has 182 valence electrons. The van der Waals surface area contributed by atoms with Crippen molar-refractivity contribution >= 4 is 29.2 Å². The van der Waals surface area contributed by atoms with Gasteiger partial charge in [0.15, 0.2) is 0 Å². The number of ether oxygens (including phenoxy) is 1. The average Bonchev–Trinajstić information content (AvgIpc) is 3.62. The zero-order valence-corrected chi connectivity index (χ0v) is 19.4. The highest BCUT2D eigenvalue weighted by Gasteiger charge is 2.33. The summed E-state index contributed by atoms with van der Waals surface area (Å²) < 4.78 is 22.0. The van der Waals surface area contributed by atoms with E-state index in [0.717, 1.165) is 11.4 Å². The van der Waals surface area contributed by atoms with Crippen molar-refractivity contribution < 1.29 is 23.9 Å². The van der Waals surface area contributed by atoms with E-state index in [1.165, 1.54) is 11.0 Å². The summed E-state index contributed by atoms with van der Waals surface area (Å²) in [6.07, 6.45) is 5.74. The molecular formula is C23H23FN6O4S. The van der Waals surface area contributed by atoms with Crippen LogP contribution in [0.5, 0.6) is 0 Å². The Morgan fingerprint density at radius 1 is 1.29 bits per heavy atom. The van der Waals surface area contributed by atoms with Gasteiger partial charge in [0.05, 0.1) is 43.0 Å². The first-order valence-corrected chi connectivity index (χ1v) is 12.2. The van der Waals surface area contributed by atoms with Crippen molar-refractivity contribution in [2.24, 2.45) is 0 Å². The van der Waals surface area contributed by atoms with Crippen LogP contribution in [0.3, 0.4) is 0 Å². The second-order valence-electron chi connectivity index (χ2n) is 7.97. The Labute approximate surface area is 204 Å². The summed E-state index contributed by atoms with van der Waals surface area (Å²) in [5.74, 6) is 0.911. The lowest BCUT2D eigenvalue weighted by Crippen LogP contribution is -2.26. The van der Waals surface area contributed by atoms with E-state index in [1.807, 2.05) is 6.08 Å². The van der Waals surface area contributed by atoms with Crippen LogP contribution in [-0.2, 0) is 16.1 Å². The number of thioether (sulfide) groups is 1. The van der Waals surface area contributed by atoms with Gasteiger partial charge in [-0.25, -0.2) is 13.9 Å². The van der Waals surface area contributed by atoms with Crippen LogP contribution in [-0.4, -0.2) is 68.0 Å². The molecule has 2 aliphatic heterocycles. The zero-order valence-electron chi connectivity index (χ0n) is 18.6. The third-order valence-electron chi connectivity index (χ3n) is 5.54. The molecule has 1 saturated heterocycles. The number of nitrogens with one attached hydrogen (secondary N) is 1. The minimum absolute atomic E-state index is 0.110. The summed E-state index contributed by atoms with van der Waals surface area (Å²) in [7, 11) is 0. The number of anilines is 1. The van der Waals surface area contributed by atoms with Gasteiger partial charge in [0.25, 0.3) is 0 Å². The van der Waals surface area contributed by atoms with Gasteiger partial charge in [-0.15, -0.1) is 5.10 Å². The highest BCUT2D eigenvalue weighted by molar-refractivity contribution is 7.99. The molecule has 0 bridgehead atoms. The van der Waals surface area contributed by atoms with Gasteiger partial charge in [-0.1, -0.05) is 11.3 Å². The molecular weight excluding hydrogens is 475 g/mol. The molecule has 0 radical (unpaired) electrons. The number of aliphatic hydroxyl groups excluding tert-OH is 1. The number of carbonyl (C=O) groups is 1. The molecule has 35 heavy (non-hydrogen) atoms. The van der Waals surface area contributed by atoms with Crippen LogP contribution in [0, 0.1) is 5.82 Å². The summed E-state index contributed by atoms with van der Waals surface area (Å²) >= 11 is 1.60. The van der Waals surface area contributed by atoms with Crippen molar-refractivity contribution in [3.05, 3.63) is 66.5 Å². The van der Waals surface area contributed by atoms with Gasteiger partial charge in [0, 0.05) is 35.0 Å². The van der Waals surface area contributed by atoms with E-state index in [9.17, 15) is 4.79 Å². The second kappa shape index (κ2) is 10.4. The first kappa shape index (κ1) is 23.3. The first-order chi connectivity index (χ1) is 17.1. The third kappa shape index (κ3) is 5.29. The van der Waals surface area contributed by atoms with E-state index in [0.29, 0.717) is 34.8 Å². The zero-order chi connectivity index (χ0) is 24.2. The van der Waals surface area contributed by atoms with E-state index in [1.54, 1.807) is 59.3 Å². The number of aromatic nitrogens is 4. The van der Waals surface area contributed by atoms with Gasteiger partial charge in [0.1, 0.15) is 18.0 Å². The fraction of sp³-hybridized carbons (Fsp3) is 0.304. The van der Waals surface area contributed by atoms with Crippen LogP contribution in [0.2, 0.25) is 0 Å². The molecule has 2 aliphatic rings. The van der Waals surface area contributed by atoms with Crippen LogP contribution < -0.4 is 10.4 Å². The molecule has 2 N–H and O–H groups in total. The molecule has 3 aromatic rings. The Hall–Kier alpha value is -3.48. The maximum Gasteiger partial charge on any atom is 0.414 e. The standard InChI is InChI=1S/C23H23FN6O4S/c24-20-9-16(30-13-18(33-23(30)32)12-29-6-5-26-28-29)2-3-19(20)15-1-4-21(25-11-15)22-10-17(34-27-22)14-35-8-7-31/h1-6,9-11,17-18,27,31H,7-8,12-14H2/t17-,18-/m0/s1. The van der Waals surface area contributed by atoms with Crippen molar-refractivity contribution in [1.29, 1.82) is 0 Å². The van der Waals surface area contributed by atoms with Gasteiger partial charge < -0.3 is 9.84 Å². The number of benzene rings is 1. The molecule has 0 aliphatic carbocycles.